The Morgan fingerprint density at radius 3 is 2.41 bits per heavy atom. The predicted octanol–water partition coefficient (Wildman–Crippen LogP) is 3.73. The lowest BCUT2D eigenvalue weighted by Crippen LogP contribution is -2.43. The van der Waals surface area contributed by atoms with Crippen LogP contribution in [0.5, 0.6) is 0 Å². The highest BCUT2D eigenvalue weighted by Gasteiger charge is 2.46. The summed E-state index contributed by atoms with van der Waals surface area (Å²) in [5, 5.41) is 5.27. The number of benzene rings is 1. The van der Waals surface area contributed by atoms with Crippen molar-refractivity contribution in [2.75, 3.05) is 6.54 Å². The van der Waals surface area contributed by atoms with Crippen LogP contribution >= 0.6 is 23.2 Å². The average Bonchev–Trinajstić information content (AvgIpc) is 2.98. The molecule has 0 unspecified atom stereocenters. The molecule has 0 atom stereocenters. The zero-order chi connectivity index (χ0) is 20.9. The number of halogens is 4. The predicted molar refractivity (Wildman–Crippen MR) is 104 cm³/mol. The molecule has 6 nitrogen and oxygen atoms in total. The number of aromatic nitrogens is 2. The highest BCUT2D eigenvalue weighted by molar-refractivity contribution is 6.35. The van der Waals surface area contributed by atoms with E-state index in [2.05, 4.69) is 5.10 Å². The molecule has 2 amide bonds. The number of carbonyl (C=O) groups is 2. The zero-order valence-electron chi connectivity index (χ0n) is 15.3. The van der Waals surface area contributed by atoms with Crippen molar-refractivity contribution >= 4 is 35.0 Å². The van der Waals surface area contributed by atoms with E-state index in [1.807, 2.05) is 0 Å². The van der Waals surface area contributed by atoms with Crippen molar-refractivity contribution in [1.82, 2.24) is 14.7 Å². The first-order valence-corrected chi connectivity index (χ1v) is 9.90. The standard InChI is InChI=1S/C19H18Cl2F2N4O2/c20-12-4-11(5-13(21)6-12)17-16(18(24)29)14-9-26(1-2-27(14)25-17)15(28)3-10-7-19(22,23)8-10/h4-6,10H,1-3,7-9H2,(H2,24,29). The number of fused-ring (bicyclic) bond motifs is 1. The van der Waals surface area contributed by atoms with Gasteiger partial charge in [0.05, 0.1) is 24.3 Å². The van der Waals surface area contributed by atoms with Gasteiger partial charge in [0.2, 0.25) is 11.8 Å². The van der Waals surface area contributed by atoms with Crippen LogP contribution in [0.4, 0.5) is 8.78 Å². The fraction of sp³-hybridized carbons (Fsp3) is 0.421. The van der Waals surface area contributed by atoms with Crippen LogP contribution in [0.3, 0.4) is 0 Å². The van der Waals surface area contributed by atoms with E-state index in [1.54, 1.807) is 27.8 Å². The molecule has 0 saturated heterocycles. The third-order valence-electron chi connectivity index (χ3n) is 5.35. The first-order valence-electron chi connectivity index (χ1n) is 9.14. The van der Waals surface area contributed by atoms with E-state index < -0.39 is 11.8 Å². The molecule has 4 rings (SSSR count). The van der Waals surface area contributed by atoms with Gasteiger partial charge in [0.25, 0.3) is 5.91 Å². The SMILES string of the molecule is NC(=O)c1c(-c2cc(Cl)cc(Cl)c2)nn2c1CN(C(=O)CC1CC(F)(F)C1)CC2. The van der Waals surface area contributed by atoms with Crippen LogP contribution in [0.25, 0.3) is 11.3 Å². The lowest BCUT2D eigenvalue weighted by atomic mass is 9.79. The molecular formula is C19H18Cl2F2N4O2. The number of primary amides is 1. The van der Waals surface area contributed by atoms with Crippen LogP contribution < -0.4 is 5.73 Å². The number of nitrogens with two attached hydrogens (primary N) is 1. The second kappa shape index (κ2) is 7.25. The number of nitrogens with zero attached hydrogens (tertiary/aromatic N) is 3. The normalized spacial score (nSPS) is 18.3. The maximum Gasteiger partial charge on any atom is 0.252 e. The van der Waals surface area contributed by atoms with Crippen molar-refractivity contribution in [2.24, 2.45) is 11.7 Å². The Hall–Kier alpha value is -2.19. The molecular weight excluding hydrogens is 425 g/mol. The molecule has 1 aromatic carbocycles. The minimum Gasteiger partial charge on any atom is -0.365 e. The van der Waals surface area contributed by atoms with Gasteiger partial charge in [-0.05, 0) is 24.1 Å². The lowest BCUT2D eigenvalue weighted by Gasteiger charge is -2.36. The number of rotatable bonds is 4. The quantitative estimate of drug-likeness (QED) is 0.782. The molecule has 1 aromatic heterocycles. The van der Waals surface area contributed by atoms with E-state index in [4.69, 9.17) is 28.9 Å². The summed E-state index contributed by atoms with van der Waals surface area (Å²) in [4.78, 5) is 26.3. The molecule has 2 heterocycles. The summed E-state index contributed by atoms with van der Waals surface area (Å²) < 4.78 is 27.7. The van der Waals surface area contributed by atoms with Gasteiger partial charge in [-0.25, -0.2) is 8.78 Å². The van der Waals surface area contributed by atoms with E-state index >= 15 is 0 Å². The number of hydrogen-bond acceptors (Lipinski definition) is 3. The van der Waals surface area contributed by atoms with E-state index in [9.17, 15) is 18.4 Å². The second-order valence-electron chi connectivity index (χ2n) is 7.57. The molecule has 0 spiro atoms. The lowest BCUT2D eigenvalue weighted by molar-refractivity contribution is -0.143. The van der Waals surface area contributed by atoms with Gasteiger partial charge < -0.3 is 10.6 Å². The first-order chi connectivity index (χ1) is 13.6. The molecule has 1 fully saturated rings. The van der Waals surface area contributed by atoms with Gasteiger partial charge in [-0.2, -0.15) is 5.10 Å². The monoisotopic (exact) mass is 442 g/mol. The maximum absolute atomic E-state index is 13.0. The van der Waals surface area contributed by atoms with Gasteiger partial charge in [0, 0.05) is 41.4 Å². The molecule has 0 radical (unpaired) electrons. The van der Waals surface area contributed by atoms with Crippen LogP contribution in [0.2, 0.25) is 10.0 Å². The van der Waals surface area contributed by atoms with Gasteiger partial charge in [-0.15, -0.1) is 0 Å². The summed E-state index contributed by atoms with van der Waals surface area (Å²) in [6.07, 6.45) is -0.431. The molecule has 29 heavy (non-hydrogen) atoms. The molecule has 10 heteroatoms. The Balaban J connectivity index is 1.60. The Kier molecular flexibility index (Phi) is 5.02. The van der Waals surface area contributed by atoms with Crippen molar-refractivity contribution in [3.05, 3.63) is 39.5 Å². The van der Waals surface area contributed by atoms with Crippen molar-refractivity contribution in [3.8, 4) is 11.3 Å². The molecule has 2 aliphatic rings. The largest absolute Gasteiger partial charge is 0.365 e. The smallest absolute Gasteiger partial charge is 0.252 e. The summed E-state index contributed by atoms with van der Waals surface area (Å²) in [5.41, 5.74) is 7.24. The summed E-state index contributed by atoms with van der Waals surface area (Å²) in [7, 11) is 0. The third-order valence-corrected chi connectivity index (χ3v) is 5.79. The van der Waals surface area contributed by atoms with E-state index in [0.717, 1.165) is 0 Å². The molecule has 1 aliphatic carbocycles. The Labute approximate surface area is 175 Å². The summed E-state index contributed by atoms with van der Waals surface area (Å²) in [5.74, 6) is -3.84. The molecule has 1 saturated carbocycles. The third kappa shape index (κ3) is 3.96. The molecule has 0 bridgehead atoms. The second-order valence-corrected chi connectivity index (χ2v) is 8.44. The van der Waals surface area contributed by atoms with Crippen molar-refractivity contribution in [2.45, 2.75) is 38.3 Å². The van der Waals surface area contributed by atoms with Crippen LogP contribution in [-0.4, -0.2) is 39.0 Å². The van der Waals surface area contributed by atoms with E-state index in [0.29, 0.717) is 40.1 Å². The molecule has 2 N–H and O–H groups in total. The van der Waals surface area contributed by atoms with Gasteiger partial charge >= 0.3 is 0 Å². The maximum atomic E-state index is 13.0. The van der Waals surface area contributed by atoms with Crippen LogP contribution in [0.1, 0.15) is 35.3 Å². The zero-order valence-corrected chi connectivity index (χ0v) is 16.8. The topological polar surface area (TPSA) is 81.2 Å². The fourth-order valence-electron chi connectivity index (χ4n) is 3.99. The molecule has 154 valence electrons. The summed E-state index contributed by atoms with van der Waals surface area (Å²) in [6.45, 7) is 0.891. The van der Waals surface area contributed by atoms with Crippen molar-refractivity contribution < 1.29 is 18.4 Å². The van der Waals surface area contributed by atoms with Crippen LogP contribution in [0, 0.1) is 5.92 Å². The highest BCUT2D eigenvalue weighted by Crippen LogP contribution is 2.44. The van der Waals surface area contributed by atoms with Crippen LogP contribution in [-0.2, 0) is 17.9 Å². The summed E-state index contributed by atoms with van der Waals surface area (Å²) >= 11 is 12.1. The highest BCUT2D eigenvalue weighted by atomic mass is 35.5. The number of alkyl halides is 2. The molecule has 1 aliphatic heterocycles. The van der Waals surface area contributed by atoms with Gasteiger partial charge in [0.15, 0.2) is 0 Å². The van der Waals surface area contributed by atoms with Crippen molar-refractivity contribution in [3.63, 3.8) is 0 Å². The first kappa shape index (κ1) is 20.1. The Bertz CT molecular complexity index is 980. The number of carbonyl (C=O) groups excluding carboxylic acids is 2. The van der Waals surface area contributed by atoms with E-state index in [1.165, 1.54) is 0 Å². The minimum absolute atomic E-state index is 0.0758. The van der Waals surface area contributed by atoms with Gasteiger partial charge in [-0.1, -0.05) is 23.2 Å². The van der Waals surface area contributed by atoms with Gasteiger partial charge in [0.1, 0.15) is 5.69 Å². The fourth-order valence-corrected chi connectivity index (χ4v) is 4.51. The summed E-state index contributed by atoms with van der Waals surface area (Å²) in [6, 6.07) is 4.83. The Morgan fingerprint density at radius 1 is 1.17 bits per heavy atom. The van der Waals surface area contributed by atoms with Gasteiger partial charge in [-0.3, -0.25) is 14.3 Å². The minimum atomic E-state index is -2.66. The van der Waals surface area contributed by atoms with E-state index in [-0.39, 0.29) is 43.2 Å². The van der Waals surface area contributed by atoms with Crippen molar-refractivity contribution in [1.29, 1.82) is 0 Å². The molecule has 2 aromatic rings. The Morgan fingerprint density at radius 2 is 1.83 bits per heavy atom. The van der Waals surface area contributed by atoms with Crippen LogP contribution in [0.15, 0.2) is 18.2 Å². The average molecular weight is 443 g/mol. The number of amides is 2. The number of hydrogen-bond donors (Lipinski definition) is 1.